The van der Waals surface area contributed by atoms with Crippen molar-refractivity contribution in [2.45, 2.75) is 19.3 Å². The van der Waals surface area contributed by atoms with Crippen LogP contribution in [0.25, 0.3) is 11.0 Å². The number of benzene rings is 2. The van der Waals surface area contributed by atoms with E-state index in [-0.39, 0.29) is 12.2 Å². The third-order valence-electron chi connectivity index (χ3n) is 5.01. The molecule has 0 amide bonds. The van der Waals surface area contributed by atoms with Crippen molar-refractivity contribution in [2.75, 3.05) is 21.3 Å². The Bertz CT molecular complexity index is 1160. The quantitative estimate of drug-likeness (QED) is 0.333. The van der Waals surface area contributed by atoms with Gasteiger partial charge in [-0.3, -0.25) is 9.59 Å². The second-order valence-electron chi connectivity index (χ2n) is 6.73. The minimum absolute atomic E-state index is 0.177. The molecular formula is C23H22O7. The van der Waals surface area contributed by atoms with Gasteiger partial charge < -0.3 is 18.6 Å². The molecule has 30 heavy (non-hydrogen) atoms. The topological polar surface area (TPSA) is 92.0 Å². The molecule has 0 saturated heterocycles. The van der Waals surface area contributed by atoms with E-state index in [4.69, 9.17) is 18.6 Å². The lowest BCUT2D eigenvalue weighted by Gasteiger charge is -2.17. The molecule has 2 aromatic carbocycles. The van der Waals surface area contributed by atoms with Crippen LogP contribution in [-0.2, 0) is 9.53 Å². The molecule has 156 valence electrons. The Kier molecular flexibility index (Phi) is 6.20. The summed E-state index contributed by atoms with van der Waals surface area (Å²) >= 11 is 0. The summed E-state index contributed by atoms with van der Waals surface area (Å²) in [5, 5.41) is 0.543. The highest BCUT2D eigenvalue weighted by molar-refractivity contribution is 6.01. The molecule has 7 heteroatoms. The number of carbonyl (C=O) groups excluding carboxylic acids is 2. The molecule has 7 nitrogen and oxygen atoms in total. The maximum Gasteiger partial charge on any atom is 0.336 e. The maximum atomic E-state index is 12.9. The molecule has 1 aromatic heterocycles. The Morgan fingerprint density at radius 2 is 1.80 bits per heavy atom. The monoisotopic (exact) mass is 410 g/mol. The fraction of sp³-hybridized carbons (Fsp3) is 0.261. The highest BCUT2D eigenvalue weighted by atomic mass is 16.5. The van der Waals surface area contributed by atoms with E-state index in [1.807, 2.05) is 0 Å². The van der Waals surface area contributed by atoms with E-state index in [1.165, 1.54) is 27.4 Å². The Hall–Kier alpha value is -3.61. The van der Waals surface area contributed by atoms with Gasteiger partial charge in [0.25, 0.3) is 0 Å². The first-order chi connectivity index (χ1) is 14.4. The first-order valence-corrected chi connectivity index (χ1v) is 9.26. The number of Topliss-reactive ketones (excluding diaryl/α,β-unsaturated/α-hetero) is 1. The molecule has 1 heterocycles. The minimum atomic E-state index is -0.979. The van der Waals surface area contributed by atoms with Gasteiger partial charge in [0.05, 0.1) is 27.2 Å². The predicted octanol–water partition coefficient (Wildman–Crippen LogP) is 3.65. The first-order valence-electron chi connectivity index (χ1n) is 9.26. The summed E-state index contributed by atoms with van der Waals surface area (Å²) in [5.74, 6) is -0.801. The molecule has 0 aliphatic rings. The molecule has 3 aromatic rings. The summed E-state index contributed by atoms with van der Waals surface area (Å²) in [6, 6.07) is 11.3. The summed E-state index contributed by atoms with van der Waals surface area (Å²) in [7, 11) is 4.26. The van der Waals surface area contributed by atoms with E-state index in [9.17, 15) is 14.4 Å². The number of esters is 1. The van der Waals surface area contributed by atoms with Crippen LogP contribution in [0.4, 0.5) is 0 Å². The average molecular weight is 410 g/mol. The zero-order chi connectivity index (χ0) is 21.8. The minimum Gasteiger partial charge on any atom is -0.497 e. The maximum absolute atomic E-state index is 12.9. The van der Waals surface area contributed by atoms with Gasteiger partial charge in [-0.1, -0.05) is 12.1 Å². The van der Waals surface area contributed by atoms with Crippen molar-refractivity contribution in [2.24, 2.45) is 0 Å². The Morgan fingerprint density at radius 3 is 2.47 bits per heavy atom. The van der Waals surface area contributed by atoms with Crippen LogP contribution in [0.5, 0.6) is 11.5 Å². The Morgan fingerprint density at radius 1 is 1.03 bits per heavy atom. The molecule has 0 bridgehead atoms. The third kappa shape index (κ3) is 4.05. The Balaban J connectivity index is 2.11. The van der Waals surface area contributed by atoms with E-state index >= 15 is 0 Å². The number of fused-ring (bicyclic) bond motifs is 1. The average Bonchev–Trinajstić information content (AvgIpc) is 2.77. The first kappa shape index (κ1) is 21.1. The zero-order valence-electron chi connectivity index (χ0n) is 17.2. The number of hydrogen-bond donors (Lipinski definition) is 0. The number of ketones is 1. The van der Waals surface area contributed by atoms with Crippen LogP contribution in [-0.4, -0.2) is 33.1 Å². The van der Waals surface area contributed by atoms with Crippen LogP contribution in [0.2, 0.25) is 0 Å². The number of ether oxygens (including phenoxy) is 3. The van der Waals surface area contributed by atoms with Crippen LogP contribution in [0.15, 0.2) is 51.7 Å². The van der Waals surface area contributed by atoms with Gasteiger partial charge in [0.2, 0.25) is 0 Å². The molecule has 0 radical (unpaired) electrons. The lowest BCUT2D eigenvalue weighted by molar-refractivity contribution is -0.142. The summed E-state index contributed by atoms with van der Waals surface area (Å²) in [4.78, 5) is 37.8. The molecule has 0 N–H and O–H groups in total. The number of hydrogen-bond acceptors (Lipinski definition) is 7. The van der Waals surface area contributed by atoms with Crippen molar-refractivity contribution in [3.05, 3.63) is 69.6 Å². The number of carbonyl (C=O) groups is 2. The van der Waals surface area contributed by atoms with Crippen molar-refractivity contribution in [3.8, 4) is 11.5 Å². The van der Waals surface area contributed by atoms with Crippen LogP contribution >= 0.6 is 0 Å². The molecule has 0 saturated carbocycles. The van der Waals surface area contributed by atoms with E-state index in [1.54, 1.807) is 43.3 Å². The standard InChI is InChI=1S/C23H22O7/c1-13-20(28-3)9-8-16-17(12-21(25)30-22(13)16)18(23(26)29-4)11-19(24)14-6-5-7-15(10-14)27-2/h5-10,12,18H,11H2,1-4H3/t18-/m0/s1. The van der Waals surface area contributed by atoms with Gasteiger partial charge in [-0.2, -0.15) is 0 Å². The van der Waals surface area contributed by atoms with E-state index in [0.29, 0.717) is 39.2 Å². The normalized spacial score (nSPS) is 11.7. The smallest absolute Gasteiger partial charge is 0.336 e. The number of rotatable bonds is 7. The second-order valence-corrected chi connectivity index (χ2v) is 6.73. The molecule has 0 fully saturated rings. The molecule has 0 aliphatic carbocycles. The van der Waals surface area contributed by atoms with Crippen LogP contribution in [0, 0.1) is 6.92 Å². The summed E-state index contributed by atoms with van der Waals surface area (Å²) < 4.78 is 20.8. The molecule has 0 spiro atoms. The lowest BCUT2D eigenvalue weighted by atomic mass is 9.89. The Labute approximate surface area is 173 Å². The lowest BCUT2D eigenvalue weighted by Crippen LogP contribution is -2.20. The molecule has 0 unspecified atom stereocenters. The molecule has 0 aliphatic heterocycles. The highest BCUT2D eigenvalue weighted by Crippen LogP contribution is 2.33. The van der Waals surface area contributed by atoms with Crippen LogP contribution in [0.1, 0.15) is 33.8 Å². The number of methoxy groups -OCH3 is 3. The van der Waals surface area contributed by atoms with E-state index in [0.717, 1.165) is 0 Å². The zero-order valence-corrected chi connectivity index (χ0v) is 17.2. The van der Waals surface area contributed by atoms with Crippen molar-refractivity contribution in [1.29, 1.82) is 0 Å². The third-order valence-corrected chi connectivity index (χ3v) is 5.01. The molecule has 3 rings (SSSR count). The largest absolute Gasteiger partial charge is 0.497 e. The van der Waals surface area contributed by atoms with Crippen molar-refractivity contribution < 1.29 is 28.2 Å². The highest BCUT2D eigenvalue weighted by Gasteiger charge is 2.28. The van der Waals surface area contributed by atoms with Gasteiger partial charge in [0.1, 0.15) is 17.1 Å². The van der Waals surface area contributed by atoms with Crippen LogP contribution in [0.3, 0.4) is 0 Å². The van der Waals surface area contributed by atoms with Crippen molar-refractivity contribution >= 4 is 22.7 Å². The summed E-state index contributed by atoms with van der Waals surface area (Å²) in [6.07, 6.45) is -0.177. The van der Waals surface area contributed by atoms with Crippen molar-refractivity contribution in [1.82, 2.24) is 0 Å². The van der Waals surface area contributed by atoms with Crippen molar-refractivity contribution in [3.63, 3.8) is 0 Å². The fourth-order valence-corrected chi connectivity index (χ4v) is 3.44. The van der Waals surface area contributed by atoms with Gasteiger partial charge in [-0.25, -0.2) is 4.79 Å². The fourth-order valence-electron chi connectivity index (χ4n) is 3.44. The molecule has 1 atom stereocenters. The van der Waals surface area contributed by atoms with Gasteiger partial charge >= 0.3 is 11.6 Å². The van der Waals surface area contributed by atoms with E-state index in [2.05, 4.69) is 0 Å². The molecular weight excluding hydrogens is 388 g/mol. The summed E-state index contributed by atoms with van der Waals surface area (Å²) in [5.41, 5.74) is 1.07. The van der Waals surface area contributed by atoms with Gasteiger partial charge in [0, 0.05) is 29.0 Å². The van der Waals surface area contributed by atoms with Gasteiger partial charge in [-0.15, -0.1) is 0 Å². The van der Waals surface area contributed by atoms with Crippen LogP contribution < -0.4 is 15.1 Å². The second kappa shape index (κ2) is 8.82. The predicted molar refractivity (Wildman–Crippen MR) is 110 cm³/mol. The van der Waals surface area contributed by atoms with E-state index < -0.39 is 17.5 Å². The summed E-state index contributed by atoms with van der Waals surface area (Å²) in [6.45, 7) is 1.75. The van der Waals surface area contributed by atoms with Gasteiger partial charge in [-0.05, 0) is 36.8 Å². The van der Waals surface area contributed by atoms with Gasteiger partial charge in [0.15, 0.2) is 5.78 Å². The SMILES string of the molecule is COC(=O)[C@@H](CC(=O)c1cccc(OC)c1)c1cc(=O)oc2c(C)c(OC)ccc12. The number of aryl methyl sites for hydroxylation is 1.